The van der Waals surface area contributed by atoms with E-state index in [4.69, 9.17) is 5.11 Å². The number of rotatable bonds is 2. The molecule has 0 saturated heterocycles. The molecule has 2 aromatic carbocycles. The predicted octanol–water partition coefficient (Wildman–Crippen LogP) is 3.64. The van der Waals surface area contributed by atoms with Crippen LogP contribution in [-0.2, 0) is 0 Å². The Balaban J connectivity index is 2.51. The van der Waals surface area contributed by atoms with Crippen LogP contribution in [0.1, 0.15) is 15.9 Å². The SMILES string of the molecule is Cc1cc(-c2ccc(C(=O)O)cc2F)ccc1F. The van der Waals surface area contributed by atoms with Crippen molar-refractivity contribution in [2.75, 3.05) is 0 Å². The Morgan fingerprint density at radius 2 is 1.78 bits per heavy atom. The minimum absolute atomic E-state index is 0.116. The zero-order valence-electron chi connectivity index (χ0n) is 9.58. The second-order valence-electron chi connectivity index (χ2n) is 3.96. The maximum Gasteiger partial charge on any atom is 0.335 e. The lowest BCUT2D eigenvalue weighted by Gasteiger charge is -2.06. The van der Waals surface area contributed by atoms with Gasteiger partial charge in [0.2, 0.25) is 0 Å². The van der Waals surface area contributed by atoms with E-state index in [-0.39, 0.29) is 16.9 Å². The molecule has 4 heteroatoms. The van der Waals surface area contributed by atoms with Gasteiger partial charge in [-0.15, -0.1) is 0 Å². The fraction of sp³-hybridized carbons (Fsp3) is 0.0714. The monoisotopic (exact) mass is 248 g/mol. The van der Waals surface area contributed by atoms with Gasteiger partial charge in [0.25, 0.3) is 0 Å². The molecule has 2 aromatic rings. The molecule has 0 atom stereocenters. The number of halogens is 2. The summed E-state index contributed by atoms with van der Waals surface area (Å²) in [5, 5.41) is 8.73. The molecular weight excluding hydrogens is 238 g/mol. The second-order valence-corrected chi connectivity index (χ2v) is 3.96. The number of carboxylic acids is 1. The Morgan fingerprint density at radius 1 is 1.06 bits per heavy atom. The summed E-state index contributed by atoms with van der Waals surface area (Å²) in [7, 11) is 0. The summed E-state index contributed by atoms with van der Waals surface area (Å²) in [4.78, 5) is 10.7. The highest BCUT2D eigenvalue weighted by molar-refractivity contribution is 5.88. The summed E-state index contributed by atoms with van der Waals surface area (Å²) >= 11 is 0. The number of hydrogen-bond donors (Lipinski definition) is 1. The minimum atomic E-state index is -1.18. The molecule has 2 nitrogen and oxygen atoms in total. The fourth-order valence-corrected chi connectivity index (χ4v) is 1.69. The maximum absolute atomic E-state index is 13.8. The molecule has 0 fully saturated rings. The molecule has 92 valence electrons. The van der Waals surface area contributed by atoms with Gasteiger partial charge < -0.3 is 5.11 Å². The molecule has 0 saturated carbocycles. The standard InChI is InChI=1S/C14H10F2O2/c1-8-6-9(3-5-12(8)15)11-4-2-10(14(17)18)7-13(11)16/h2-7H,1H3,(H,17,18). The lowest BCUT2D eigenvalue weighted by Crippen LogP contribution is -1.97. The highest BCUT2D eigenvalue weighted by atomic mass is 19.1. The molecular formula is C14H10F2O2. The van der Waals surface area contributed by atoms with Crippen molar-refractivity contribution in [3.8, 4) is 11.1 Å². The Bertz CT molecular complexity index is 621. The summed E-state index contributed by atoms with van der Waals surface area (Å²) in [6.07, 6.45) is 0. The lowest BCUT2D eigenvalue weighted by molar-refractivity contribution is 0.0696. The van der Waals surface area contributed by atoms with E-state index in [0.717, 1.165) is 6.07 Å². The van der Waals surface area contributed by atoms with E-state index < -0.39 is 11.8 Å². The molecule has 0 aliphatic heterocycles. The number of carbonyl (C=O) groups is 1. The fourth-order valence-electron chi connectivity index (χ4n) is 1.69. The van der Waals surface area contributed by atoms with Crippen LogP contribution >= 0.6 is 0 Å². The Morgan fingerprint density at radius 3 is 2.33 bits per heavy atom. The Kier molecular flexibility index (Phi) is 3.10. The first-order valence-corrected chi connectivity index (χ1v) is 5.28. The van der Waals surface area contributed by atoms with Crippen LogP contribution in [0.4, 0.5) is 8.78 Å². The van der Waals surface area contributed by atoms with Crippen molar-refractivity contribution in [1.29, 1.82) is 0 Å². The highest BCUT2D eigenvalue weighted by Crippen LogP contribution is 2.25. The van der Waals surface area contributed by atoms with Gasteiger partial charge in [-0.1, -0.05) is 12.1 Å². The van der Waals surface area contributed by atoms with Gasteiger partial charge in [0.05, 0.1) is 5.56 Å². The van der Waals surface area contributed by atoms with Crippen molar-refractivity contribution in [2.45, 2.75) is 6.92 Å². The van der Waals surface area contributed by atoms with Gasteiger partial charge in [0.15, 0.2) is 0 Å². The maximum atomic E-state index is 13.8. The predicted molar refractivity (Wildman–Crippen MR) is 63.5 cm³/mol. The van der Waals surface area contributed by atoms with Crippen molar-refractivity contribution in [3.63, 3.8) is 0 Å². The van der Waals surface area contributed by atoms with Gasteiger partial charge in [-0.05, 0) is 42.3 Å². The molecule has 0 aliphatic carbocycles. The molecule has 18 heavy (non-hydrogen) atoms. The quantitative estimate of drug-likeness (QED) is 0.880. The third-order valence-corrected chi connectivity index (χ3v) is 2.68. The number of benzene rings is 2. The molecule has 0 heterocycles. The van der Waals surface area contributed by atoms with Gasteiger partial charge in [0.1, 0.15) is 11.6 Å². The number of carboxylic acid groups (broad SMARTS) is 1. The molecule has 2 rings (SSSR count). The van der Waals surface area contributed by atoms with E-state index >= 15 is 0 Å². The third-order valence-electron chi connectivity index (χ3n) is 2.68. The summed E-state index contributed by atoms with van der Waals surface area (Å²) in [5.74, 6) is -2.18. The van der Waals surface area contributed by atoms with E-state index in [0.29, 0.717) is 11.1 Å². The Hall–Kier alpha value is -2.23. The summed E-state index contributed by atoms with van der Waals surface area (Å²) < 4.78 is 26.9. The lowest BCUT2D eigenvalue weighted by atomic mass is 10.0. The van der Waals surface area contributed by atoms with Crippen molar-refractivity contribution in [3.05, 3.63) is 59.2 Å². The third kappa shape index (κ3) is 2.22. The van der Waals surface area contributed by atoms with Crippen molar-refractivity contribution in [2.24, 2.45) is 0 Å². The molecule has 0 spiro atoms. The second kappa shape index (κ2) is 4.56. The van der Waals surface area contributed by atoms with Crippen LogP contribution in [0.5, 0.6) is 0 Å². The Labute approximate surface area is 103 Å². The van der Waals surface area contributed by atoms with Gasteiger partial charge in [-0.3, -0.25) is 0 Å². The number of hydrogen-bond acceptors (Lipinski definition) is 1. The van der Waals surface area contributed by atoms with Crippen LogP contribution in [0, 0.1) is 18.6 Å². The molecule has 0 aromatic heterocycles. The average Bonchev–Trinajstić information content (AvgIpc) is 2.32. The van der Waals surface area contributed by atoms with Gasteiger partial charge >= 0.3 is 5.97 Å². The van der Waals surface area contributed by atoms with Crippen LogP contribution in [0.3, 0.4) is 0 Å². The van der Waals surface area contributed by atoms with E-state index in [9.17, 15) is 13.6 Å². The topological polar surface area (TPSA) is 37.3 Å². The van der Waals surface area contributed by atoms with Crippen LogP contribution in [0.15, 0.2) is 36.4 Å². The van der Waals surface area contributed by atoms with Crippen LogP contribution in [0.25, 0.3) is 11.1 Å². The van der Waals surface area contributed by atoms with E-state index in [1.807, 2.05) is 0 Å². The smallest absolute Gasteiger partial charge is 0.335 e. The minimum Gasteiger partial charge on any atom is -0.478 e. The van der Waals surface area contributed by atoms with Gasteiger partial charge in [0, 0.05) is 5.56 Å². The first kappa shape index (κ1) is 12.2. The van der Waals surface area contributed by atoms with Gasteiger partial charge in [-0.25, -0.2) is 13.6 Å². The average molecular weight is 248 g/mol. The van der Waals surface area contributed by atoms with E-state index in [1.165, 1.54) is 30.3 Å². The number of aromatic carboxylic acids is 1. The zero-order chi connectivity index (χ0) is 13.3. The molecule has 1 N–H and O–H groups in total. The van der Waals surface area contributed by atoms with Crippen molar-refractivity contribution >= 4 is 5.97 Å². The first-order chi connectivity index (χ1) is 8.49. The van der Waals surface area contributed by atoms with E-state index in [1.54, 1.807) is 6.92 Å². The van der Waals surface area contributed by atoms with Crippen LogP contribution in [0.2, 0.25) is 0 Å². The summed E-state index contributed by atoms with van der Waals surface area (Å²) in [5.41, 5.74) is 1.07. The van der Waals surface area contributed by atoms with Crippen LogP contribution < -0.4 is 0 Å². The first-order valence-electron chi connectivity index (χ1n) is 5.28. The highest BCUT2D eigenvalue weighted by Gasteiger charge is 2.10. The largest absolute Gasteiger partial charge is 0.478 e. The molecule has 0 amide bonds. The summed E-state index contributed by atoms with van der Waals surface area (Å²) in [6.45, 7) is 1.59. The normalized spacial score (nSPS) is 10.4. The van der Waals surface area contributed by atoms with Gasteiger partial charge in [-0.2, -0.15) is 0 Å². The van der Waals surface area contributed by atoms with Crippen molar-refractivity contribution in [1.82, 2.24) is 0 Å². The molecule has 0 aliphatic rings. The zero-order valence-corrected chi connectivity index (χ0v) is 9.58. The van der Waals surface area contributed by atoms with E-state index in [2.05, 4.69) is 0 Å². The number of aryl methyl sites for hydroxylation is 1. The summed E-state index contributed by atoms with van der Waals surface area (Å²) in [6, 6.07) is 7.89. The molecule has 0 bridgehead atoms. The van der Waals surface area contributed by atoms with Crippen LogP contribution in [-0.4, -0.2) is 11.1 Å². The van der Waals surface area contributed by atoms with Crippen molar-refractivity contribution < 1.29 is 18.7 Å². The molecule has 0 unspecified atom stereocenters. The molecule has 0 radical (unpaired) electrons.